The van der Waals surface area contributed by atoms with E-state index in [0.717, 1.165) is 6.08 Å². The minimum absolute atomic E-state index is 0.0162. The van der Waals surface area contributed by atoms with Crippen LogP contribution in [0.2, 0.25) is 0 Å². The molecule has 0 radical (unpaired) electrons. The lowest BCUT2D eigenvalue weighted by Crippen LogP contribution is -2.00. The molecule has 0 aliphatic carbocycles. The molecule has 0 spiro atoms. The van der Waals surface area contributed by atoms with Crippen molar-refractivity contribution in [1.29, 1.82) is 0 Å². The summed E-state index contributed by atoms with van der Waals surface area (Å²) < 4.78 is 16.3. The van der Waals surface area contributed by atoms with Crippen molar-refractivity contribution in [2.24, 2.45) is 0 Å². The molecule has 0 amide bonds. The van der Waals surface area contributed by atoms with E-state index in [-0.39, 0.29) is 5.57 Å². The molecule has 0 saturated heterocycles. The molecule has 0 aromatic rings. The first-order valence-electron chi connectivity index (χ1n) is 2.69. The average molecular weight is 144 g/mol. The van der Waals surface area contributed by atoms with Crippen LogP contribution in [-0.4, -0.2) is 13.1 Å². The van der Waals surface area contributed by atoms with Gasteiger partial charge in [-0.2, -0.15) is 0 Å². The zero-order valence-corrected chi connectivity index (χ0v) is 5.98. The first-order valence-corrected chi connectivity index (χ1v) is 2.69. The van der Waals surface area contributed by atoms with E-state index >= 15 is 0 Å². The number of allylic oxidation sites excluding steroid dienone is 1. The molecule has 10 heavy (non-hydrogen) atoms. The summed E-state index contributed by atoms with van der Waals surface area (Å²) >= 11 is 0. The number of hydrogen-bond donors (Lipinski definition) is 0. The molecule has 0 heterocycles. The monoisotopic (exact) mass is 144 g/mol. The zero-order chi connectivity index (χ0) is 8.15. The van der Waals surface area contributed by atoms with Gasteiger partial charge in [-0.25, -0.2) is 9.18 Å². The van der Waals surface area contributed by atoms with Crippen molar-refractivity contribution in [2.45, 2.75) is 6.92 Å². The van der Waals surface area contributed by atoms with E-state index in [2.05, 4.69) is 11.3 Å². The Balaban J connectivity index is 4.11. The van der Waals surface area contributed by atoms with E-state index in [1.54, 1.807) is 0 Å². The molecule has 3 heteroatoms. The van der Waals surface area contributed by atoms with E-state index in [9.17, 15) is 9.18 Å². The smallest absolute Gasteiger partial charge is 0.337 e. The Kier molecular flexibility index (Phi) is 3.39. The Bertz CT molecular complexity index is 178. The van der Waals surface area contributed by atoms with Crippen LogP contribution in [-0.2, 0) is 9.53 Å². The second-order valence-corrected chi connectivity index (χ2v) is 1.75. The van der Waals surface area contributed by atoms with Crippen molar-refractivity contribution < 1.29 is 13.9 Å². The maximum Gasteiger partial charge on any atom is 0.337 e. The molecule has 0 unspecified atom stereocenters. The molecule has 0 fully saturated rings. The topological polar surface area (TPSA) is 26.3 Å². The summed E-state index contributed by atoms with van der Waals surface area (Å²) in [5.74, 6) is -1.08. The van der Waals surface area contributed by atoms with E-state index in [1.807, 2.05) is 0 Å². The Labute approximate surface area is 59.0 Å². The molecule has 0 aromatic heterocycles. The lowest BCUT2D eigenvalue weighted by atomic mass is 10.3. The van der Waals surface area contributed by atoms with Crippen LogP contribution in [0.1, 0.15) is 6.92 Å². The van der Waals surface area contributed by atoms with E-state index in [1.165, 1.54) is 14.0 Å². The third-order valence-electron chi connectivity index (χ3n) is 0.821. The summed E-state index contributed by atoms with van der Waals surface area (Å²) in [5.41, 5.74) is 0.0162. The van der Waals surface area contributed by atoms with Gasteiger partial charge in [0.25, 0.3) is 0 Å². The Morgan fingerprint density at radius 1 is 1.70 bits per heavy atom. The number of methoxy groups -OCH3 is 1. The van der Waals surface area contributed by atoms with E-state index in [4.69, 9.17) is 0 Å². The van der Waals surface area contributed by atoms with Crippen molar-refractivity contribution >= 4 is 5.97 Å². The van der Waals surface area contributed by atoms with Crippen molar-refractivity contribution in [1.82, 2.24) is 0 Å². The van der Waals surface area contributed by atoms with Crippen LogP contribution in [0.3, 0.4) is 0 Å². The Morgan fingerprint density at radius 3 is 2.50 bits per heavy atom. The summed E-state index contributed by atoms with van der Waals surface area (Å²) in [6, 6.07) is 0. The number of carbonyl (C=O) groups is 1. The predicted molar refractivity (Wildman–Crippen MR) is 36.0 cm³/mol. The van der Waals surface area contributed by atoms with Crippen molar-refractivity contribution in [3.05, 3.63) is 24.1 Å². The Hall–Kier alpha value is -1.12. The quantitative estimate of drug-likeness (QED) is 0.334. The van der Waals surface area contributed by atoms with Gasteiger partial charge in [-0.3, -0.25) is 0 Å². The number of hydrogen-bond acceptors (Lipinski definition) is 2. The maximum absolute atomic E-state index is 12.0. The SMILES string of the molecule is C=C(/C=C(\C)F)C(=O)OC. The van der Waals surface area contributed by atoms with Crippen LogP contribution in [0.4, 0.5) is 4.39 Å². The highest BCUT2D eigenvalue weighted by molar-refractivity contribution is 5.90. The minimum atomic E-state index is -0.614. The molecular formula is C7H9FO2. The van der Waals surface area contributed by atoms with Gasteiger partial charge in [0.15, 0.2) is 0 Å². The summed E-state index contributed by atoms with van der Waals surface area (Å²) in [4.78, 5) is 10.5. The fraction of sp³-hybridized carbons (Fsp3) is 0.286. The normalized spacial score (nSPS) is 10.9. The largest absolute Gasteiger partial charge is 0.465 e. The molecule has 56 valence electrons. The Morgan fingerprint density at radius 2 is 2.20 bits per heavy atom. The molecule has 0 aliphatic rings. The van der Waals surface area contributed by atoms with Crippen LogP contribution in [0, 0.1) is 0 Å². The number of rotatable bonds is 2. The molecule has 0 aromatic carbocycles. The average Bonchev–Trinajstić information content (AvgIpc) is 1.85. The lowest BCUT2D eigenvalue weighted by molar-refractivity contribution is -0.135. The highest BCUT2D eigenvalue weighted by atomic mass is 19.1. The zero-order valence-electron chi connectivity index (χ0n) is 5.98. The van der Waals surface area contributed by atoms with Crippen molar-refractivity contribution in [2.75, 3.05) is 7.11 Å². The number of ether oxygens (including phenoxy) is 1. The van der Waals surface area contributed by atoms with Gasteiger partial charge < -0.3 is 4.74 Å². The van der Waals surface area contributed by atoms with Gasteiger partial charge in [0.1, 0.15) is 0 Å². The van der Waals surface area contributed by atoms with E-state index in [0.29, 0.717) is 0 Å². The summed E-state index contributed by atoms with van der Waals surface area (Å²) in [6.45, 7) is 4.50. The second kappa shape index (κ2) is 3.82. The first kappa shape index (κ1) is 8.88. The predicted octanol–water partition coefficient (Wildman–Crippen LogP) is 1.59. The van der Waals surface area contributed by atoms with Gasteiger partial charge in [-0.1, -0.05) is 6.58 Å². The fourth-order valence-electron chi connectivity index (χ4n) is 0.430. The molecule has 0 atom stereocenters. The molecule has 0 saturated carbocycles. The molecule has 0 N–H and O–H groups in total. The second-order valence-electron chi connectivity index (χ2n) is 1.75. The highest BCUT2D eigenvalue weighted by Gasteiger charge is 2.02. The minimum Gasteiger partial charge on any atom is -0.465 e. The van der Waals surface area contributed by atoms with Gasteiger partial charge in [0.05, 0.1) is 18.5 Å². The number of esters is 1. The number of carbonyl (C=O) groups excluding carboxylic acids is 1. The standard InChI is InChI=1S/C7H9FO2/c1-5(4-6(2)8)7(9)10-3/h4H,1H2,2-3H3/b6-4+. The molecule has 0 aliphatic heterocycles. The fourth-order valence-corrected chi connectivity index (χ4v) is 0.430. The van der Waals surface area contributed by atoms with Crippen LogP contribution in [0.5, 0.6) is 0 Å². The molecule has 0 bridgehead atoms. The third-order valence-corrected chi connectivity index (χ3v) is 0.821. The summed E-state index contributed by atoms with van der Waals surface area (Å²) in [7, 11) is 1.22. The van der Waals surface area contributed by atoms with Crippen LogP contribution >= 0.6 is 0 Å². The summed E-state index contributed by atoms with van der Waals surface area (Å²) in [5, 5.41) is 0. The molecular weight excluding hydrogens is 135 g/mol. The van der Waals surface area contributed by atoms with Crippen molar-refractivity contribution in [3.63, 3.8) is 0 Å². The van der Waals surface area contributed by atoms with Crippen LogP contribution < -0.4 is 0 Å². The van der Waals surface area contributed by atoms with Crippen molar-refractivity contribution in [3.8, 4) is 0 Å². The maximum atomic E-state index is 12.0. The van der Waals surface area contributed by atoms with Gasteiger partial charge in [0.2, 0.25) is 0 Å². The lowest BCUT2D eigenvalue weighted by Gasteiger charge is -1.95. The number of halogens is 1. The van der Waals surface area contributed by atoms with E-state index < -0.39 is 11.8 Å². The molecule has 2 nitrogen and oxygen atoms in total. The first-order chi connectivity index (χ1) is 4.57. The summed E-state index contributed by atoms with van der Waals surface area (Å²) in [6.07, 6.45) is 1.02. The van der Waals surface area contributed by atoms with Gasteiger partial charge in [0, 0.05) is 0 Å². The molecule has 0 rings (SSSR count). The van der Waals surface area contributed by atoms with Gasteiger partial charge in [-0.05, 0) is 13.0 Å². The third kappa shape index (κ3) is 3.02. The van der Waals surface area contributed by atoms with Crippen LogP contribution in [0.15, 0.2) is 24.1 Å². The van der Waals surface area contributed by atoms with Crippen LogP contribution in [0.25, 0.3) is 0 Å². The highest BCUT2D eigenvalue weighted by Crippen LogP contribution is 2.01. The van der Waals surface area contributed by atoms with Gasteiger partial charge in [-0.15, -0.1) is 0 Å². The van der Waals surface area contributed by atoms with Gasteiger partial charge >= 0.3 is 5.97 Å².